The maximum Gasteiger partial charge on any atom is 0.305 e. The molecule has 120 valence electrons. The average molecular weight is 306 g/mol. The molecule has 0 radical (unpaired) electrons. The molecule has 9 heteroatoms. The molecule has 9 nitrogen and oxygen atoms in total. The van der Waals surface area contributed by atoms with E-state index in [4.69, 9.17) is 23.8 Å². The molecule has 0 aromatic carbocycles. The number of carbonyl (C=O) groups excluding carboxylic acids is 3. The Bertz CT molecular complexity index is 394. The van der Waals surface area contributed by atoms with Gasteiger partial charge in [0.2, 0.25) is 6.29 Å². The van der Waals surface area contributed by atoms with Gasteiger partial charge in [-0.1, -0.05) is 0 Å². The van der Waals surface area contributed by atoms with Crippen LogP contribution in [-0.2, 0) is 43.1 Å². The van der Waals surface area contributed by atoms with Gasteiger partial charge in [0.05, 0.1) is 7.11 Å². The van der Waals surface area contributed by atoms with Crippen LogP contribution in [0.1, 0.15) is 20.8 Å². The number of hydrogen-bond acceptors (Lipinski definition) is 9. The molecule has 1 aliphatic rings. The molecular formula is C12H18O9. The van der Waals surface area contributed by atoms with Crippen molar-refractivity contribution in [2.75, 3.05) is 13.7 Å². The summed E-state index contributed by atoms with van der Waals surface area (Å²) in [6.45, 7) is 3.43. The van der Waals surface area contributed by atoms with Gasteiger partial charge in [-0.15, -0.1) is 0 Å². The molecule has 0 amide bonds. The lowest BCUT2D eigenvalue weighted by Gasteiger charge is -2.21. The molecule has 1 rings (SSSR count). The summed E-state index contributed by atoms with van der Waals surface area (Å²) in [5, 5.41) is 0. The molecule has 0 N–H and O–H groups in total. The first kappa shape index (κ1) is 17.3. The molecule has 1 aliphatic heterocycles. The topological polar surface area (TPSA) is 107 Å². The first-order valence-corrected chi connectivity index (χ1v) is 6.18. The predicted octanol–water partition coefficient (Wildman–Crippen LogP) is -0.284. The van der Waals surface area contributed by atoms with Gasteiger partial charge in [0, 0.05) is 20.8 Å². The summed E-state index contributed by atoms with van der Waals surface area (Å²) in [4.78, 5) is 42.6. The van der Waals surface area contributed by atoms with Crippen molar-refractivity contribution in [1.82, 2.24) is 0 Å². The van der Waals surface area contributed by atoms with Crippen LogP contribution < -0.4 is 0 Å². The molecule has 0 saturated carbocycles. The summed E-state index contributed by atoms with van der Waals surface area (Å²) >= 11 is 0. The van der Waals surface area contributed by atoms with Crippen molar-refractivity contribution < 1.29 is 43.1 Å². The van der Waals surface area contributed by atoms with Gasteiger partial charge >= 0.3 is 17.9 Å². The Morgan fingerprint density at radius 1 is 0.952 bits per heavy atom. The van der Waals surface area contributed by atoms with E-state index in [-0.39, 0.29) is 6.61 Å². The number of ether oxygens (including phenoxy) is 4. The lowest BCUT2D eigenvalue weighted by atomic mass is 10.1. The maximum atomic E-state index is 11.2. The zero-order valence-electron chi connectivity index (χ0n) is 12.2. The molecule has 1 unspecified atom stereocenters. The van der Waals surface area contributed by atoms with E-state index in [1.165, 1.54) is 27.9 Å². The third-order valence-electron chi connectivity index (χ3n) is 2.51. The predicted molar refractivity (Wildman–Crippen MR) is 64.5 cm³/mol. The summed E-state index contributed by atoms with van der Waals surface area (Å²) in [5.41, 5.74) is 0. The molecule has 0 aromatic heterocycles. The standard InChI is InChI=1S/C12H18O9/c1-6(13)17-5-9-10(21-16-4)11(18-7(2)14)12(20-9)19-8(3)15/h9-12H,5H2,1-4H3/t9-,10+,11-,12?/m1/s1. The molecule has 0 bridgehead atoms. The molecule has 21 heavy (non-hydrogen) atoms. The van der Waals surface area contributed by atoms with Crippen molar-refractivity contribution in [3.63, 3.8) is 0 Å². The van der Waals surface area contributed by atoms with Gasteiger partial charge in [0.1, 0.15) is 12.7 Å². The second kappa shape index (κ2) is 7.91. The van der Waals surface area contributed by atoms with E-state index in [2.05, 4.69) is 4.89 Å². The van der Waals surface area contributed by atoms with Gasteiger partial charge in [-0.05, 0) is 0 Å². The summed E-state index contributed by atoms with van der Waals surface area (Å²) in [5.74, 6) is -1.75. The van der Waals surface area contributed by atoms with E-state index in [9.17, 15) is 14.4 Å². The van der Waals surface area contributed by atoms with E-state index >= 15 is 0 Å². The second-order valence-corrected chi connectivity index (χ2v) is 4.26. The normalized spacial score (nSPS) is 28.0. The number of esters is 3. The minimum Gasteiger partial charge on any atom is -0.463 e. The number of hydrogen-bond donors (Lipinski definition) is 0. The van der Waals surface area contributed by atoms with Gasteiger partial charge < -0.3 is 18.9 Å². The third-order valence-corrected chi connectivity index (χ3v) is 2.51. The first-order chi connectivity index (χ1) is 9.85. The zero-order valence-corrected chi connectivity index (χ0v) is 12.2. The highest BCUT2D eigenvalue weighted by Gasteiger charge is 2.51. The quantitative estimate of drug-likeness (QED) is 0.283. The fourth-order valence-electron chi connectivity index (χ4n) is 1.83. The lowest BCUT2D eigenvalue weighted by molar-refractivity contribution is -0.324. The smallest absolute Gasteiger partial charge is 0.305 e. The zero-order chi connectivity index (χ0) is 16.0. The Kier molecular flexibility index (Phi) is 6.53. The van der Waals surface area contributed by atoms with E-state index in [0.717, 1.165) is 0 Å². The van der Waals surface area contributed by atoms with Crippen molar-refractivity contribution in [3.05, 3.63) is 0 Å². The van der Waals surface area contributed by atoms with Gasteiger partial charge in [-0.2, -0.15) is 0 Å². The van der Waals surface area contributed by atoms with Crippen LogP contribution in [0.5, 0.6) is 0 Å². The third kappa shape index (κ3) is 5.29. The van der Waals surface area contributed by atoms with Crippen LogP contribution in [0, 0.1) is 0 Å². The summed E-state index contributed by atoms with van der Waals surface area (Å²) in [6, 6.07) is 0. The summed E-state index contributed by atoms with van der Waals surface area (Å²) < 4.78 is 20.2. The van der Waals surface area contributed by atoms with Gasteiger partial charge in [-0.3, -0.25) is 14.4 Å². The highest BCUT2D eigenvalue weighted by Crippen LogP contribution is 2.28. The van der Waals surface area contributed by atoms with Gasteiger partial charge in [0.15, 0.2) is 12.2 Å². The minimum absolute atomic E-state index is 0.168. The van der Waals surface area contributed by atoms with Gasteiger partial charge in [0.25, 0.3) is 0 Å². The number of rotatable bonds is 6. The highest BCUT2D eigenvalue weighted by molar-refractivity contribution is 5.67. The van der Waals surface area contributed by atoms with Crippen molar-refractivity contribution in [1.29, 1.82) is 0 Å². The Morgan fingerprint density at radius 3 is 2.05 bits per heavy atom. The first-order valence-electron chi connectivity index (χ1n) is 6.18. The largest absolute Gasteiger partial charge is 0.463 e. The van der Waals surface area contributed by atoms with E-state index < -0.39 is 42.5 Å². The van der Waals surface area contributed by atoms with Crippen LogP contribution in [0.3, 0.4) is 0 Å². The second-order valence-electron chi connectivity index (χ2n) is 4.26. The van der Waals surface area contributed by atoms with Crippen molar-refractivity contribution in [2.45, 2.75) is 45.4 Å². The van der Waals surface area contributed by atoms with Crippen LogP contribution >= 0.6 is 0 Å². The molecule has 1 saturated heterocycles. The van der Waals surface area contributed by atoms with Crippen LogP contribution in [-0.4, -0.2) is 56.2 Å². The van der Waals surface area contributed by atoms with Crippen LogP contribution in [0.15, 0.2) is 0 Å². The fourth-order valence-corrected chi connectivity index (χ4v) is 1.83. The van der Waals surface area contributed by atoms with E-state index in [1.807, 2.05) is 0 Å². The van der Waals surface area contributed by atoms with Crippen LogP contribution in [0.4, 0.5) is 0 Å². The van der Waals surface area contributed by atoms with Crippen LogP contribution in [0.25, 0.3) is 0 Å². The Hall–Kier alpha value is -1.71. The Labute approximate surface area is 121 Å². The van der Waals surface area contributed by atoms with Gasteiger partial charge in [-0.25, -0.2) is 9.78 Å². The SMILES string of the molecule is COO[C@H]1[C@@H](COC(C)=O)OC(OC(C)=O)[C@@H]1OC(C)=O. The molecule has 1 fully saturated rings. The summed E-state index contributed by atoms with van der Waals surface area (Å²) in [6.07, 6.45) is -3.94. The van der Waals surface area contributed by atoms with E-state index in [1.54, 1.807) is 0 Å². The summed E-state index contributed by atoms with van der Waals surface area (Å²) in [7, 11) is 1.26. The maximum absolute atomic E-state index is 11.2. The molecule has 0 aliphatic carbocycles. The van der Waals surface area contributed by atoms with Crippen molar-refractivity contribution >= 4 is 17.9 Å². The monoisotopic (exact) mass is 306 g/mol. The lowest BCUT2D eigenvalue weighted by Crippen LogP contribution is -2.41. The number of carbonyl (C=O) groups is 3. The highest BCUT2D eigenvalue weighted by atomic mass is 17.2. The Balaban J connectivity index is 2.85. The Morgan fingerprint density at radius 2 is 1.57 bits per heavy atom. The molecule has 0 spiro atoms. The minimum atomic E-state index is -1.17. The van der Waals surface area contributed by atoms with Crippen molar-refractivity contribution in [2.24, 2.45) is 0 Å². The van der Waals surface area contributed by atoms with E-state index in [0.29, 0.717) is 0 Å². The average Bonchev–Trinajstić information content (AvgIpc) is 2.65. The van der Waals surface area contributed by atoms with Crippen molar-refractivity contribution in [3.8, 4) is 0 Å². The molecule has 0 aromatic rings. The molecule has 4 atom stereocenters. The fraction of sp³-hybridized carbons (Fsp3) is 0.750. The molecule has 1 heterocycles. The van der Waals surface area contributed by atoms with Crippen LogP contribution in [0.2, 0.25) is 0 Å². The molecular weight excluding hydrogens is 288 g/mol.